The SMILES string of the molecule is CCCCCCCCCCCCCCCCCCCO[SiH](O)[SiH3]. The summed E-state index contributed by atoms with van der Waals surface area (Å²) >= 11 is 0. The van der Waals surface area contributed by atoms with Crippen LogP contribution in [0.3, 0.4) is 0 Å². The molecule has 0 aromatic rings. The molecule has 1 unspecified atom stereocenters. The first-order valence-corrected chi connectivity index (χ1v) is 16.2. The van der Waals surface area contributed by atoms with E-state index in [1.165, 1.54) is 103 Å². The highest BCUT2D eigenvalue weighted by molar-refractivity contribution is 6.94. The lowest BCUT2D eigenvalue weighted by Gasteiger charge is -2.05. The van der Waals surface area contributed by atoms with Crippen LogP contribution < -0.4 is 0 Å². The molecule has 1 N–H and O–H groups in total. The number of rotatable bonds is 19. The molecule has 0 saturated heterocycles. The van der Waals surface area contributed by atoms with Crippen LogP contribution in [0.4, 0.5) is 0 Å². The summed E-state index contributed by atoms with van der Waals surface area (Å²) in [5.74, 6) is 0. The first kappa shape index (κ1) is 23.4. The molecule has 0 saturated carbocycles. The maximum Gasteiger partial charge on any atom is 0.285 e. The van der Waals surface area contributed by atoms with Gasteiger partial charge in [-0.1, -0.05) is 110 Å². The number of hydrogen-bond donors (Lipinski definition) is 1. The molecule has 0 radical (unpaired) electrons. The van der Waals surface area contributed by atoms with Gasteiger partial charge in [-0.2, -0.15) is 0 Å². The monoisotopic (exact) mass is 360 g/mol. The van der Waals surface area contributed by atoms with Gasteiger partial charge in [0.25, 0.3) is 8.80 Å². The lowest BCUT2D eigenvalue weighted by atomic mass is 10.0. The topological polar surface area (TPSA) is 29.5 Å². The van der Waals surface area contributed by atoms with Gasteiger partial charge in [-0.15, -0.1) is 0 Å². The second-order valence-corrected chi connectivity index (χ2v) is 11.6. The van der Waals surface area contributed by atoms with E-state index >= 15 is 0 Å². The van der Waals surface area contributed by atoms with Gasteiger partial charge < -0.3 is 9.22 Å². The van der Waals surface area contributed by atoms with Gasteiger partial charge in [-0.25, -0.2) is 0 Å². The van der Waals surface area contributed by atoms with Gasteiger partial charge in [0.15, 0.2) is 0 Å². The fraction of sp³-hybridized carbons (Fsp3) is 1.00. The normalized spacial score (nSPS) is 12.8. The van der Waals surface area contributed by atoms with Crippen molar-refractivity contribution in [2.45, 2.75) is 116 Å². The van der Waals surface area contributed by atoms with E-state index in [-0.39, 0.29) is 0 Å². The molecule has 1 atom stereocenters. The standard InChI is InChI=1S/C19H44O2Si2/c1-2-3-4-5-6-7-8-9-10-11-12-13-14-15-16-17-18-19-21-23(20)22/h20,23H,2-19H2,1,22H3. The van der Waals surface area contributed by atoms with Crippen molar-refractivity contribution in [2.24, 2.45) is 0 Å². The predicted molar refractivity (Wildman–Crippen MR) is 109 cm³/mol. The summed E-state index contributed by atoms with van der Waals surface area (Å²) in [5.41, 5.74) is 0. The van der Waals surface area contributed by atoms with E-state index in [9.17, 15) is 0 Å². The van der Waals surface area contributed by atoms with E-state index in [4.69, 9.17) is 9.22 Å². The van der Waals surface area contributed by atoms with Crippen molar-refractivity contribution >= 4 is 18.6 Å². The fourth-order valence-corrected chi connectivity index (χ4v) is 4.30. The van der Waals surface area contributed by atoms with Gasteiger partial charge >= 0.3 is 0 Å². The van der Waals surface area contributed by atoms with Crippen molar-refractivity contribution in [1.29, 1.82) is 0 Å². The van der Waals surface area contributed by atoms with Gasteiger partial charge in [0.05, 0.1) is 9.76 Å². The fourth-order valence-electron chi connectivity index (χ4n) is 3.08. The Morgan fingerprint density at radius 1 is 0.609 bits per heavy atom. The van der Waals surface area contributed by atoms with Crippen LogP contribution in [0.2, 0.25) is 0 Å². The van der Waals surface area contributed by atoms with Crippen LogP contribution in [0.1, 0.15) is 116 Å². The van der Waals surface area contributed by atoms with Gasteiger partial charge in [-0.05, 0) is 6.42 Å². The molecule has 0 amide bonds. The summed E-state index contributed by atoms with van der Waals surface area (Å²) in [4.78, 5) is 9.17. The number of hydrogen-bond acceptors (Lipinski definition) is 2. The first-order chi connectivity index (χ1) is 11.3. The van der Waals surface area contributed by atoms with E-state index in [2.05, 4.69) is 6.92 Å². The van der Waals surface area contributed by atoms with Crippen LogP contribution in [0, 0.1) is 0 Å². The molecule has 0 fully saturated rings. The molecule has 0 aromatic carbocycles. The van der Waals surface area contributed by atoms with Gasteiger partial charge in [-0.3, -0.25) is 0 Å². The minimum absolute atomic E-state index is 0.801. The molecule has 0 bridgehead atoms. The Balaban J connectivity index is 2.95. The Labute approximate surface area is 150 Å². The van der Waals surface area contributed by atoms with Crippen molar-refractivity contribution in [3.63, 3.8) is 0 Å². The Bertz CT molecular complexity index is 214. The minimum Gasteiger partial charge on any atom is -0.416 e. The number of unbranched alkanes of at least 4 members (excludes halogenated alkanes) is 16. The van der Waals surface area contributed by atoms with Gasteiger partial charge in [0.1, 0.15) is 0 Å². The van der Waals surface area contributed by atoms with Crippen molar-refractivity contribution in [3.05, 3.63) is 0 Å². The maximum absolute atomic E-state index is 9.17. The Morgan fingerprint density at radius 3 is 1.22 bits per heavy atom. The van der Waals surface area contributed by atoms with E-state index < -0.39 is 8.80 Å². The molecule has 0 aliphatic rings. The van der Waals surface area contributed by atoms with Crippen LogP contribution in [0.25, 0.3) is 0 Å². The van der Waals surface area contributed by atoms with Crippen molar-refractivity contribution in [3.8, 4) is 0 Å². The summed E-state index contributed by atoms with van der Waals surface area (Å²) in [6, 6.07) is 0. The zero-order valence-electron chi connectivity index (χ0n) is 16.2. The second kappa shape index (κ2) is 20.4. The highest BCUT2D eigenvalue weighted by Crippen LogP contribution is 2.13. The lowest BCUT2D eigenvalue weighted by Crippen LogP contribution is -2.18. The summed E-state index contributed by atoms with van der Waals surface area (Å²) < 4.78 is 5.32. The highest BCUT2D eigenvalue weighted by atomic mass is 29.2. The van der Waals surface area contributed by atoms with Crippen LogP contribution in [0.5, 0.6) is 0 Å². The minimum atomic E-state index is -1.63. The molecule has 4 heteroatoms. The van der Waals surface area contributed by atoms with E-state index in [1.54, 1.807) is 0 Å². The zero-order valence-corrected chi connectivity index (χ0v) is 19.3. The molecule has 0 aromatic heterocycles. The Hall–Kier alpha value is 0.354. The van der Waals surface area contributed by atoms with E-state index in [0.29, 0.717) is 0 Å². The molecule has 0 rings (SSSR count). The molecule has 23 heavy (non-hydrogen) atoms. The highest BCUT2D eigenvalue weighted by Gasteiger charge is 1.97. The summed E-state index contributed by atoms with van der Waals surface area (Å²) in [6.07, 6.45) is 23.9. The van der Waals surface area contributed by atoms with Crippen molar-refractivity contribution in [1.82, 2.24) is 0 Å². The average molecular weight is 361 g/mol. The van der Waals surface area contributed by atoms with Crippen molar-refractivity contribution in [2.75, 3.05) is 6.61 Å². The van der Waals surface area contributed by atoms with Crippen molar-refractivity contribution < 1.29 is 9.22 Å². The van der Waals surface area contributed by atoms with Gasteiger partial charge in [0, 0.05) is 6.61 Å². The van der Waals surface area contributed by atoms with Crippen LogP contribution in [0.15, 0.2) is 0 Å². The predicted octanol–water partition coefficient (Wildman–Crippen LogP) is 4.73. The van der Waals surface area contributed by atoms with Crippen LogP contribution >= 0.6 is 0 Å². The quantitative estimate of drug-likeness (QED) is 0.266. The Morgan fingerprint density at radius 2 is 0.913 bits per heavy atom. The molecule has 0 spiro atoms. The summed E-state index contributed by atoms with van der Waals surface area (Å²) in [7, 11) is -0.766. The third-order valence-electron chi connectivity index (χ3n) is 4.61. The van der Waals surface area contributed by atoms with Crippen LogP contribution in [-0.4, -0.2) is 30.0 Å². The first-order valence-electron chi connectivity index (χ1n) is 10.6. The lowest BCUT2D eigenvalue weighted by molar-refractivity contribution is 0.267. The average Bonchev–Trinajstić information content (AvgIpc) is 2.53. The van der Waals surface area contributed by atoms with E-state index in [0.717, 1.165) is 22.8 Å². The third kappa shape index (κ3) is 22.4. The second-order valence-electron chi connectivity index (χ2n) is 7.13. The summed E-state index contributed by atoms with van der Waals surface area (Å²) in [5, 5.41) is 0. The molecule has 0 aliphatic carbocycles. The van der Waals surface area contributed by atoms with Crippen LogP contribution in [-0.2, 0) is 4.43 Å². The Kier molecular flexibility index (Phi) is 20.7. The molecular formula is C19H44O2Si2. The zero-order chi connectivity index (χ0) is 17.0. The summed E-state index contributed by atoms with van der Waals surface area (Å²) in [6.45, 7) is 3.09. The van der Waals surface area contributed by atoms with Gasteiger partial charge in [0.2, 0.25) is 0 Å². The largest absolute Gasteiger partial charge is 0.416 e. The maximum atomic E-state index is 9.17. The molecule has 2 nitrogen and oxygen atoms in total. The molecule has 140 valence electrons. The third-order valence-corrected chi connectivity index (χ3v) is 6.33. The molecule has 0 aliphatic heterocycles. The van der Waals surface area contributed by atoms with E-state index in [1.807, 2.05) is 0 Å². The molecule has 0 heterocycles. The smallest absolute Gasteiger partial charge is 0.285 e. The molecular weight excluding hydrogens is 316 g/mol.